The Balaban J connectivity index is 1.60. The molecule has 1 N–H and O–H groups in total. The first-order chi connectivity index (χ1) is 16.3. The summed E-state index contributed by atoms with van der Waals surface area (Å²) in [4.78, 5) is 26.3. The van der Waals surface area contributed by atoms with Crippen molar-refractivity contribution in [3.05, 3.63) is 105 Å². The zero-order chi connectivity index (χ0) is 23.9. The molecule has 0 spiro atoms. The number of aromatic nitrogens is 2. The molecule has 1 aliphatic rings. The number of thioether (sulfide) groups is 1. The molecule has 0 radical (unpaired) electrons. The number of sulfonamides is 1. The van der Waals surface area contributed by atoms with Crippen LogP contribution >= 0.6 is 23.4 Å². The van der Waals surface area contributed by atoms with Crippen molar-refractivity contribution in [3.63, 3.8) is 0 Å². The van der Waals surface area contributed by atoms with Crippen LogP contribution in [0.1, 0.15) is 16.8 Å². The Morgan fingerprint density at radius 2 is 1.56 bits per heavy atom. The number of amides is 1. The van der Waals surface area contributed by atoms with Crippen LogP contribution in [0, 0.1) is 0 Å². The molecule has 1 atom stereocenters. The molecule has 0 aliphatic carbocycles. The van der Waals surface area contributed by atoms with E-state index in [1.165, 1.54) is 16.8 Å². The summed E-state index contributed by atoms with van der Waals surface area (Å²) in [5.41, 5.74) is 1.75. The van der Waals surface area contributed by atoms with E-state index in [4.69, 9.17) is 11.6 Å². The van der Waals surface area contributed by atoms with Crippen LogP contribution in [0.4, 0.5) is 0 Å². The Morgan fingerprint density at radius 1 is 0.941 bits per heavy atom. The molecule has 2 heterocycles. The van der Waals surface area contributed by atoms with Gasteiger partial charge in [-0.15, -0.1) is 0 Å². The van der Waals surface area contributed by atoms with E-state index in [0.717, 1.165) is 17.4 Å². The van der Waals surface area contributed by atoms with E-state index in [1.807, 2.05) is 60.7 Å². The Labute approximate surface area is 204 Å². The smallest absolute Gasteiger partial charge is 0.268 e. The second-order valence-electron chi connectivity index (χ2n) is 7.60. The number of rotatable bonds is 5. The highest BCUT2D eigenvalue weighted by atomic mass is 35.5. The third-order valence-electron chi connectivity index (χ3n) is 5.41. The third-order valence-corrected chi connectivity index (χ3v) is 9.08. The minimum absolute atomic E-state index is 0.0700. The standard InChI is InChI=1S/C24H18ClN3O4S2/c25-21-13-14-22(33-21)34(31,32)26-23(29)16-11-12-20-19(15-16)24(30)28(18-9-5-2-6-10-18)27(20)17-7-3-1-4-8-17/h1-13,15,22H,14H2,(H,26,29). The number of halogens is 1. The minimum atomic E-state index is -3.95. The molecule has 34 heavy (non-hydrogen) atoms. The molecule has 5 rings (SSSR count). The van der Waals surface area contributed by atoms with Gasteiger partial charge in [-0.2, -0.15) is 0 Å². The second kappa shape index (κ2) is 8.83. The fraction of sp³-hybridized carbons (Fsp3) is 0.0833. The Kier molecular flexibility index (Phi) is 5.85. The van der Waals surface area contributed by atoms with E-state index < -0.39 is 20.5 Å². The summed E-state index contributed by atoms with van der Waals surface area (Å²) in [5.74, 6) is -0.802. The number of hydrogen-bond donors (Lipinski definition) is 1. The average molecular weight is 512 g/mol. The van der Waals surface area contributed by atoms with Gasteiger partial charge in [-0.3, -0.25) is 9.59 Å². The first kappa shape index (κ1) is 22.5. The van der Waals surface area contributed by atoms with E-state index in [1.54, 1.807) is 16.8 Å². The van der Waals surface area contributed by atoms with Crippen LogP contribution in [-0.2, 0) is 10.0 Å². The molecule has 0 saturated heterocycles. The van der Waals surface area contributed by atoms with Crippen molar-refractivity contribution >= 4 is 50.2 Å². The first-order valence-corrected chi connectivity index (χ1v) is 13.1. The first-order valence-electron chi connectivity index (χ1n) is 10.3. The summed E-state index contributed by atoms with van der Waals surface area (Å²) in [5, 5.41) is 0.290. The number of nitrogens with one attached hydrogen (secondary N) is 1. The lowest BCUT2D eigenvalue weighted by Gasteiger charge is -2.13. The van der Waals surface area contributed by atoms with Gasteiger partial charge in [0.15, 0.2) is 0 Å². The monoisotopic (exact) mass is 511 g/mol. The molecule has 172 valence electrons. The lowest BCUT2D eigenvalue weighted by molar-refractivity contribution is 0.0981. The van der Waals surface area contributed by atoms with Crippen LogP contribution in [0.2, 0.25) is 0 Å². The van der Waals surface area contributed by atoms with Crippen molar-refractivity contribution in [2.45, 2.75) is 11.0 Å². The van der Waals surface area contributed by atoms with Gasteiger partial charge in [-0.1, -0.05) is 65.8 Å². The fourth-order valence-corrected chi connectivity index (χ4v) is 6.85. The predicted octanol–water partition coefficient (Wildman–Crippen LogP) is 4.38. The molecule has 1 unspecified atom stereocenters. The van der Waals surface area contributed by atoms with E-state index in [2.05, 4.69) is 4.72 Å². The molecule has 0 fully saturated rings. The van der Waals surface area contributed by atoms with Gasteiger partial charge >= 0.3 is 0 Å². The maximum Gasteiger partial charge on any atom is 0.279 e. The number of para-hydroxylation sites is 2. The molecule has 1 aliphatic heterocycles. The van der Waals surface area contributed by atoms with Gasteiger partial charge in [0.2, 0.25) is 10.0 Å². The maximum atomic E-state index is 13.5. The summed E-state index contributed by atoms with van der Waals surface area (Å²) in [7, 11) is -3.95. The summed E-state index contributed by atoms with van der Waals surface area (Å²) in [6, 6.07) is 23.1. The summed E-state index contributed by atoms with van der Waals surface area (Å²) < 4.78 is 30.1. The Hall–Kier alpha value is -3.27. The molecule has 1 aromatic heterocycles. The molecule has 4 aromatic rings. The highest BCUT2D eigenvalue weighted by Crippen LogP contribution is 2.37. The predicted molar refractivity (Wildman–Crippen MR) is 135 cm³/mol. The molecular formula is C24H18ClN3O4S2. The van der Waals surface area contributed by atoms with Crippen molar-refractivity contribution in [2.24, 2.45) is 0 Å². The van der Waals surface area contributed by atoms with Gasteiger partial charge in [0.05, 0.1) is 26.6 Å². The van der Waals surface area contributed by atoms with Crippen LogP contribution in [0.15, 0.2) is 94.1 Å². The second-order valence-corrected chi connectivity index (χ2v) is 11.6. The van der Waals surface area contributed by atoms with Gasteiger partial charge in [-0.05, 0) is 48.9 Å². The van der Waals surface area contributed by atoms with Crippen molar-refractivity contribution < 1.29 is 13.2 Å². The zero-order valence-corrected chi connectivity index (χ0v) is 20.0. The van der Waals surface area contributed by atoms with Crippen LogP contribution < -0.4 is 10.3 Å². The third kappa shape index (κ3) is 4.06. The molecular weight excluding hydrogens is 494 g/mol. The molecule has 3 aromatic carbocycles. The van der Waals surface area contributed by atoms with E-state index in [9.17, 15) is 18.0 Å². The number of hydrogen-bond acceptors (Lipinski definition) is 5. The largest absolute Gasteiger partial charge is 0.279 e. The lowest BCUT2D eigenvalue weighted by Crippen LogP contribution is -2.36. The van der Waals surface area contributed by atoms with Gasteiger partial charge in [0.1, 0.15) is 4.58 Å². The summed E-state index contributed by atoms with van der Waals surface area (Å²) >= 11 is 6.86. The molecule has 0 bridgehead atoms. The molecule has 10 heteroatoms. The number of nitrogens with zero attached hydrogens (tertiary/aromatic N) is 2. The van der Waals surface area contributed by atoms with Gasteiger partial charge < -0.3 is 0 Å². The average Bonchev–Trinajstić information content (AvgIpc) is 3.41. The SMILES string of the molecule is O=C(NS(=O)(=O)C1CC=C(Cl)S1)c1ccc2c(c1)c(=O)n(-c1ccccc1)n2-c1ccccc1. The van der Waals surface area contributed by atoms with Gasteiger partial charge in [-0.25, -0.2) is 22.5 Å². The van der Waals surface area contributed by atoms with E-state index >= 15 is 0 Å². The Morgan fingerprint density at radius 3 is 2.15 bits per heavy atom. The molecule has 1 amide bonds. The van der Waals surface area contributed by atoms with Gasteiger partial charge in [0, 0.05) is 5.56 Å². The zero-order valence-electron chi connectivity index (χ0n) is 17.6. The van der Waals surface area contributed by atoms with Crippen LogP contribution in [0.25, 0.3) is 22.3 Å². The highest BCUT2D eigenvalue weighted by Gasteiger charge is 2.32. The van der Waals surface area contributed by atoms with Crippen LogP contribution in [-0.4, -0.2) is 28.3 Å². The number of carbonyl (C=O) groups excluding carboxylic acids is 1. The molecule has 0 saturated carbocycles. The molecule has 7 nitrogen and oxygen atoms in total. The number of allylic oxidation sites excluding steroid dienone is 1. The number of benzene rings is 3. The summed E-state index contributed by atoms with van der Waals surface area (Å²) in [6.45, 7) is 0. The quantitative estimate of drug-likeness (QED) is 0.429. The van der Waals surface area contributed by atoms with Gasteiger partial charge in [0.25, 0.3) is 11.5 Å². The van der Waals surface area contributed by atoms with Crippen LogP contribution in [0.3, 0.4) is 0 Å². The van der Waals surface area contributed by atoms with Crippen LogP contribution in [0.5, 0.6) is 0 Å². The normalized spacial score (nSPS) is 15.9. The van der Waals surface area contributed by atoms with E-state index in [0.29, 0.717) is 15.6 Å². The van der Waals surface area contributed by atoms with Crippen molar-refractivity contribution in [1.82, 2.24) is 14.1 Å². The van der Waals surface area contributed by atoms with Crippen molar-refractivity contribution in [2.75, 3.05) is 0 Å². The van der Waals surface area contributed by atoms with E-state index in [-0.39, 0.29) is 22.9 Å². The minimum Gasteiger partial charge on any atom is -0.268 e. The number of carbonyl (C=O) groups is 1. The topological polar surface area (TPSA) is 90.2 Å². The lowest BCUT2D eigenvalue weighted by atomic mass is 10.1. The van der Waals surface area contributed by atoms with Crippen molar-refractivity contribution in [1.29, 1.82) is 0 Å². The summed E-state index contributed by atoms with van der Waals surface area (Å²) in [6.07, 6.45) is 1.82. The maximum absolute atomic E-state index is 13.5. The fourth-order valence-electron chi connectivity index (χ4n) is 3.83. The Bertz CT molecular complexity index is 1590. The highest BCUT2D eigenvalue weighted by molar-refractivity contribution is 8.16. The number of fused-ring (bicyclic) bond motifs is 1. The van der Waals surface area contributed by atoms with Crippen molar-refractivity contribution in [3.8, 4) is 11.4 Å².